The first-order valence-electron chi connectivity index (χ1n) is 6.41. The number of rotatable bonds is 3. The summed E-state index contributed by atoms with van der Waals surface area (Å²) in [5.41, 5.74) is 0.626. The van der Waals surface area contributed by atoms with Gasteiger partial charge in [0.2, 0.25) is 0 Å². The SMILES string of the molecule is Fc1cc(Br)cc(F)c1NCc1cccc2c1OCCO2. The van der Waals surface area contributed by atoms with Crippen LogP contribution in [0.1, 0.15) is 5.56 Å². The van der Waals surface area contributed by atoms with Crippen molar-refractivity contribution in [3.8, 4) is 11.5 Å². The highest BCUT2D eigenvalue weighted by Crippen LogP contribution is 2.34. The first-order valence-corrected chi connectivity index (χ1v) is 7.20. The van der Waals surface area contributed by atoms with Gasteiger partial charge in [0, 0.05) is 16.6 Å². The quantitative estimate of drug-likeness (QED) is 0.898. The number of fused-ring (bicyclic) bond motifs is 1. The lowest BCUT2D eigenvalue weighted by molar-refractivity contribution is 0.170. The Labute approximate surface area is 129 Å². The third-order valence-corrected chi connectivity index (χ3v) is 3.57. The van der Waals surface area contributed by atoms with Crippen molar-refractivity contribution in [1.82, 2.24) is 0 Å². The Morgan fingerprint density at radius 3 is 2.57 bits per heavy atom. The summed E-state index contributed by atoms with van der Waals surface area (Å²) in [7, 11) is 0. The molecule has 1 aliphatic rings. The molecule has 0 saturated carbocycles. The van der Waals surface area contributed by atoms with E-state index in [0.717, 1.165) is 5.56 Å². The highest BCUT2D eigenvalue weighted by atomic mass is 79.9. The Bertz CT molecular complexity index is 656. The molecular formula is C15H12BrF2NO2. The van der Waals surface area contributed by atoms with E-state index in [4.69, 9.17) is 9.47 Å². The molecule has 0 radical (unpaired) electrons. The molecule has 110 valence electrons. The maximum Gasteiger partial charge on any atom is 0.166 e. The second-order valence-corrected chi connectivity index (χ2v) is 5.45. The van der Waals surface area contributed by atoms with Crippen LogP contribution in [-0.2, 0) is 6.54 Å². The van der Waals surface area contributed by atoms with Crippen LogP contribution in [0.15, 0.2) is 34.8 Å². The average Bonchev–Trinajstić information content (AvgIpc) is 2.46. The predicted octanol–water partition coefficient (Wildman–Crippen LogP) is 4.11. The fourth-order valence-corrected chi connectivity index (χ4v) is 2.57. The van der Waals surface area contributed by atoms with Crippen LogP contribution >= 0.6 is 15.9 Å². The molecule has 21 heavy (non-hydrogen) atoms. The molecule has 2 aromatic rings. The Morgan fingerprint density at radius 2 is 1.81 bits per heavy atom. The molecule has 0 spiro atoms. The standard InChI is InChI=1S/C15H12BrF2NO2/c16-10-6-11(17)14(12(18)7-10)19-8-9-2-1-3-13-15(9)21-5-4-20-13/h1-3,6-7,19H,4-5,8H2. The van der Waals surface area contributed by atoms with Crippen molar-refractivity contribution in [2.45, 2.75) is 6.54 Å². The summed E-state index contributed by atoms with van der Waals surface area (Å²) in [6.07, 6.45) is 0. The van der Waals surface area contributed by atoms with Crippen molar-refractivity contribution in [3.63, 3.8) is 0 Å². The minimum Gasteiger partial charge on any atom is -0.486 e. The summed E-state index contributed by atoms with van der Waals surface area (Å²) in [5, 5.41) is 2.77. The van der Waals surface area contributed by atoms with Gasteiger partial charge >= 0.3 is 0 Å². The second-order valence-electron chi connectivity index (χ2n) is 4.54. The third-order valence-electron chi connectivity index (χ3n) is 3.11. The topological polar surface area (TPSA) is 30.5 Å². The van der Waals surface area contributed by atoms with Crippen molar-refractivity contribution < 1.29 is 18.3 Å². The summed E-state index contributed by atoms with van der Waals surface area (Å²) in [4.78, 5) is 0. The molecule has 0 fully saturated rings. The van der Waals surface area contributed by atoms with Gasteiger partial charge in [-0.15, -0.1) is 0 Å². The Hall–Kier alpha value is -1.82. The van der Waals surface area contributed by atoms with Gasteiger partial charge in [-0.1, -0.05) is 28.1 Å². The fourth-order valence-electron chi connectivity index (χ4n) is 2.17. The largest absolute Gasteiger partial charge is 0.486 e. The van der Waals surface area contributed by atoms with Crippen LogP contribution in [0, 0.1) is 11.6 Å². The van der Waals surface area contributed by atoms with E-state index < -0.39 is 11.6 Å². The first kappa shape index (κ1) is 14.1. The summed E-state index contributed by atoms with van der Waals surface area (Å²) in [6.45, 7) is 1.20. The van der Waals surface area contributed by atoms with Crippen molar-refractivity contribution in [2.24, 2.45) is 0 Å². The lowest BCUT2D eigenvalue weighted by Crippen LogP contribution is -2.17. The van der Waals surface area contributed by atoms with E-state index in [1.165, 1.54) is 12.1 Å². The summed E-state index contributed by atoms with van der Waals surface area (Å²) in [6, 6.07) is 7.88. The van der Waals surface area contributed by atoms with E-state index in [1.54, 1.807) is 6.07 Å². The van der Waals surface area contributed by atoms with Crippen molar-refractivity contribution in [1.29, 1.82) is 0 Å². The lowest BCUT2D eigenvalue weighted by atomic mass is 10.1. The van der Waals surface area contributed by atoms with Crippen molar-refractivity contribution in [3.05, 3.63) is 52.0 Å². The van der Waals surface area contributed by atoms with Gasteiger partial charge in [0.25, 0.3) is 0 Å². The van der Waals surface area contributed by atoms with Crippen LogP contribution < -0.4 is 14.8 Å². The number of para-hydroxylation sites is 1. The molecular weight excluding hydrogens is 344 g/mol. The second kappa shape index (κ2) is 5.89. The highest BCUT2D eigenvalue weighted by Gasteiger charge is 2.16. The molecule has 0 amide bonds. The Balaban J connectivity index is 1.83. The molecule has 1 heterocycles. The van der Waals surface area contributed by atoms with E-state index >= 15 is 0 Å². The van der Waals surface area contributed by atoms with Gasteiger partial charge in [-0.2, -0.15) is 0 Å². The van der Waals surface area contributed by atoms with E-state index in [2.05, 4.69) is 21.2 Å². The zero-order valence-electron chi connectivity index (χ0n) is 11.0. The van der Waals surface area contributed by atoms with Gasteiger partial charge in [0.05, 0.1) is 0 Å². The molecule has 1 N–H and O–H groups in total. The number of nitrogens with one attached hydrogen (secondary N) is 1. The predicted molar refractivity (Wildman–Crippen MR) is 78.8 cm³/mol. The highest BCUT2D eigenvalue weighted by molar-refractivity contribution is 9.10. The monoisotopic (exact) mass is 355 g/mol. The van der Waals surface area contributed by atoms with Crippen molar-refractivity contribution >= 4 is 21.6 Å². The molecule has 0 aromatic heterocycles. The molecule has 0 bridgehead atoms. The molecule has 0 aliphatic carbocycles. The van der Waals surface area contributed by atoms with E-state index in [0.29, 0.717) is 29.2 Å². The number of halogens is 3. The zero-order chi connectivity index (χ0) is 14.8. The maximum absolute atomic E-state index is 13.8. The van der Waals surface area contributed by atoms with Crippen LogP contribution in [0.4, 0.5) is 14.5 Å². The van der Waals surface area contributed by atoms with Crippen LogP contribution in [-0.4, -0.2) is 13.2 Å². The van der Waals surface area contributed by atoms with Gasteiger partial charge in [0.1, 0.15) is 30.5 Å². The first-order chi connectivity index (χ1) is 10.1. The molecule has 1 aliphatic heterocycles. The molecule has 2 aromatic carbocycles. The number of hydrogen-bond acceptors (Lipinski definition) is 3. The molecule has 3 rings (SSSR count). The number of benzene rings is 2. The molecule has 3 nitrogen and oxygen atoms in total. The van der Waals surface area contributed by atoms with Gasteiger partial charge in [-0.3, -0.25) is 0 Å². The molecule has 0 atom stereocenters. The van der Waals surface area contributed by atoms with E-state index in [-0.39, 0.29) is 12.2 Å². The summed E-state index contributed by atoms with van der Waals surface area (Å²) in [5.74, 6) is -0.0286. The van der Waals surface area contributed by atoms with E-state index in [9.17, 15) is 8.78 Å². The van der Waals surface area contributed by atoms with Crippen LogP contribution in [0.2, 0.25) is 0 Å². The maximum atomic E-state index is 13.8. The van der Waals surface area contributed by atoms with Gasteiger partial charge in [-0.05, 0) is 18.2 Å². The van der Waals surface area contributed by atoms with Crippen LogP contribution in [0.5, 0.6) is 11.5 Å². The van der Waals surface area contributed by atoms with Crippen LogP contribution in [0.3, 0.4) is 0 Å². The Kier molecular flexibility index (Phi) is 3.96. The smallest absolute Gasteiger partial charge is 0.166 e. The summed E-state index contributed by atoms with van der Waals surface area (Å²) >= 11 is 3.05. The van der Waals surface area contributed by atoms with Crippen LogP contribution in [0.25, 0.3) is 0 Å². The third kappa shape index (κ3) is 2.95. The average molecular weight is 356 g/mol. The van der Waals surface area contributed by atoms with Crippen molar-refractivity contribution in [2.75, 3.05) is 18.5 Å². The number of hydrogen-bond donors (Lipinski definition) is 1. The van der Waals surface area contributed by atoms with E-state index in [1.807, 2.05) is 12.1 Å². The number of ether oxygens (including phenoxy) is 2. The zero-order valence-corrected chi connectivity index (χ0v) is 12.5. The fraction of sp³-hybridized carbons (Fsp3) is 0.200. The van der Waals surface area contributed by atoms with Gasteiger partial charge in [-0.25, -0.2) is 8.78 Å². The summed E-state index contributed by atoms with van der Waals surface area (Å²) < 4.78 is 38.9. The lowest BCUT2D eigenvalue weighted by Gasteiger charge is -2.21. The molecule has 6 heteroatoms. The van der Waals surface area contributed by atoms with Gasteiger partial charge < -0.3 is 14.8 Å². The Morgan fingerprint density at radius 1 is 1.10 bits per heavy atom. The number of anilines is 1. The van der Waals surface area contributed by atoms with Gasteiger partial charge in [0.15, 0.2) is 11.5 Å². The minimum atomic E-state index is -0.649. The molecule has 0 saturated heterocycles. The molecule has 0 unspecified atom stereocenters. The normalized spacial score (nSPS) is 13.1. The minimum absolute atomic E-state index is 0.160.